The van der Waals surface area contributed by atoms with Crippen molar-refractivity contribution in [2.24, 2.45) is 0 Å². The topological polar surface area (TPSA) is 52.7 Å². The maximum absolute atomic E-state index is 12.3. The summed E-state index contributed by atoms with van der Waals surface area (Å²) in [5, 5.41) is 2.96. The quantitative estimate of drug-likeness (QED) is 0.695. The molecular formula is C21H27Cl2N3O2. The lowest BCUT2D eigenvalue weighted by Crippen LogP contribution is -2.50. The van der Waals surface area contributed by atoms with Crippen molar-refractivity contribution < 1.29 is 9.59 Å². The van der Waals surface area contributed by atoms with Gasteiger partial charge in [-0.1, -0.05) is 60.7 Å². The van der Waals surface area contributed by atoms with E-state index in [1.54, 1.807) is 0 Å². The van der Waals surface area contributed by atoms with Gasteiger partial charge < -0.3 is 5.32 Å². The predicted molar refractivity (Wildman–Crippen MR) is 116 cm³/mol. The zero-order valence-corrected chi connectivity index (χ0v) is 17.4. The number of carbonyl (C=O) groups is 2. The van der Waals surface area contributed by atoms with Crippen molar-refractivity contribution in [2.75, 3.05) is 39.3 Å². The summed E-state index contributed by atoms with van der Waals surface area (Å²) in [5.74, 6) is 0.197. The largest absolute Gasteiger partial charge is 0.351 e. The normalized spacial score (nSPS) is 14.4. The molecule has 1 aliphatic heterocycles. The van der Waals surface area contributed by atoms with Crippen LogP contribution in [0.4, 0.5) is 0 Å². The van der Waals surface area contributed by atoms with Crippen LogP contribution < -0.4 is 5.32 Å². The van der Waals surface area contributed by atoms with Crippen LogP contribution >= 0.6 is 24.8 Å². The van der Waals surface area contributed by atoms with E-state index in [-0.39, 0.29) is 36.5 Å². The fourth-order valence-corrected chi connectivity index (χ4v) is 3.08. The van der Waals surface area contributed by atoms with Crippen LogP contribution in [0.2, 0.25) is 0 Å². The highest BCUT2D eigenvalue weighted by atomic mass is 35.5. The van der Waals surface area contributed by atoms with E-state index in [0.29, 0.717) is 19.6 Å². The Bertz CT molecular complexity index is 721. The number of benzene rings is 2. The van der Waals surface area contributed by atoms with Gasteiger partial charge in [-0.25, -0.2) is 0 Å². The van der Waals surface area contributed by atoms with Crippen molar-refractivity contribution in [1.82, 2.24) is 15.1 Å². The number of rotatable bonds is 7. The standard InChI is InChI=1S/C21H25N3O2.2ClH/c25-20(19-9-5-2-6-10-19)16-23-11-13-24(14-12-23)17-21(26)22-15-18-7-3-1-4-8-18;;/h1-10H,11-17H2,(H,22,26);2*1H. The highest BCUT2D eigenvalue weighted by molar-refractivity contribution is 5.97. The minimum atomic E-state index is 0. The van der Waals surface area contributed by atoms with Crippen LogP contribution in [0.5, 0.6) is 0 Å². The van der Waals surface area contributed by atoms with Gasteiger partial charge in [-0.2, -0.15) is 0 Å². The maximum Gasteiger partial charge on any atom is 0.234 e. The van der Waals surface area contributed by atoms with Crippen molar-refractivity contribution in [3.8, 4) is 0 Å². The van der Waals surface area contributed by atoms with Crippen LogP contribution in [0.1, 0.15) is 15.9 Å². The summed E-state index contributed by atoms with van der Waals surface area (Å²) in [7, 11) is 0. The molecule has 1 heterocycles. The number of amides is 1. The van der Waals surface area contributed by atoms with Crippen molar-refractivity contribution in [3.05, 3.63) is 71.8 Å². The lowest BCUT2D eigenvalue weighted by molar-refractivity contribution is -0.122. The van der Waals surface area contributed by atoms with Crippen molar-refractivity contribution in [1.29, 1.82) is 0 Å². The van der Waals surface area contributed by atoms with Crippen LogP contribution in [0.15, 0.2) is 60.7 Å². The molecule has 5 nitrogen and oxygen atoms in total. The summed E-state index contributed by atoms with van der Waals surface area (Å²) in [6, 6.07) is 19.3. The lowest BCUT2D eigenvalue weighted by atomic mass is 10.1. The number of hydrogen-bond donors (Lipinski definition) is 1. The van der Waals surface area contributed by atoms with Crippen molar-refractivity contribution >= 4 is 36.5 Å². The first kappa shape index (κ1) is 24.1. The van der Waals surface area contributed by atoms with E-state index in [0.717, 1.165) is 37.3 Å². The molecule has 0 aliphatic carbocycles. The third-order valence-electron chi connectivity index (χ3n) is 4.63. The van der Waals surface area contributed by atoms with E-state index < -0.39 is 0 Å². The lowest BCUT2D eigenvalue weighted by Gasteiger charge is -2.33. The number of nitrogens with zero attached hydrogens (tertiary/aromatic N) is 2. The van der Waals surface area contributed by atoms with Crippen LogP contribution in [0.25, 0.3) is 0 Å². The molecule has 2 aromatic carbocycles. The fraction of sp³-hybridized carbons (Fsp3) is 0.333. The van der Waals surface area contributed by atoms with Gasteiger partial charge in [-0.05, 0) is 5.56 Å². The number of Topliss-reactive ketones (excluding diaryl/α,β-unsaturated/α-hetero) is 1. The van der Waals surface area contributed by atoms with Gasteiger partial charge >= 0.3 is 0 Å². The summed E-state index contributed by atoms with van der Waals surface area (Å²) >= 11 is 0. The van der Waals surface area contributed by atoms with E-state index >= 15 is 0 Å². The van der Waals surface area contributed by atoms with Gasteiger partial charge in [0.05, 0.1) is 13.1 Å². The van der Waals surface area contributed by atoms with E-state index in [1.165, 1.54) is 0 Å². The third-order valence-corrected chi connectivity index (χ3v) is 4.63. The summed E-state index contributed by atoms with van der Waals surface area (Å²) in [5.41, 5.74) is 1.86. The number of ketones is 1. The Balaban J connectivity index is 0.00000196. The van der Waals surface area contributed by atoms with E-state index in [2.05, 4.69) is 15.1 Å². The second kappa shape index (κ2) is 12.5. The molecule has 1 saturated heterocycles. The van der Waals surface area contributed by atoms with Crippen LogP contribution in [-0.2, 0) is 11.3 Å². The minimum absolute atomic E-state index is 0. The van der Waals surface area contributed by atoms with Crippen LogP contribution in [0.3, 0.4) is 0 Å². The Morgan fingerprint density at radius 2 is 1.25 bits per heavy atom. The van der Waals surface area contributed by atoms with Gasteiger partial charge in [0.25, 0.3) is 0 Å². The van der Waals surface area contributed by atoms with Gasteiger partial charge in [-0.15, -0.1) is 24.8 Å². The second-order valence-electron chi connectivity index (χ2n) is 6.60. The molecule has 0 atom stereocenters. The summed E-state index contributed by atoms with van der Waals surface area (Å²) in [4.78, 5) is 28.7. The van der Waals surface area contributed by atoms with Crippen molar-refractivity contribution in [3.63, 3.8) is 0 Å². The molecule has 1 aliphatic rings. The number of halogens is 2. The molecule has 0 unspecified atom stereocenters. The Kier molecular flexibility index (Phi) is 10.8. The molecule has 28 heavy (non-hydrogen) atoms. The molecule has 0 radical (unpaired) electrons. The zero-order chi connectivity index (χ0) is 18.2. The van der Waals surface area contributed by atoms with E-state index in [1.807, 2.05) is 60.7 Å². The SMILES string of the molecule is Cl.Cl.O=C(CN1CCN(CC(=O)c2ccccc2)CC1)NCc1ccccc1. The highest BCUT2D eigenvalue weighted by Crippen LogP contribution is 2.06. The smallest absolute Gasteiger partial charge is 0.234 e. The Morgan fingerprint density at radius 1 is 0.750 bits per heavy atom. The second-order valence-corrected chi connectivity index (χ2v) is 6.60. The molecule has 1 amide bonds. The van der Waals surface area contributed by atoms with E-state index in [9.17, 15) is 9.59 Å². The maximum atomic E-state index is 12.3. The van der Waals surface area contributed by atoms with Gasteiger partial charge in [0.1, 0.15) is 0 Å². The summed E-state index contributed by atoms with van der Waals surface area (Å²) in [6.07, 6.45) is 0. The van der Waals surface area contributed by atoms with Gasteiger partial charge in [0.15, 0.2) is 5.78 Å². The molecule has 152 valence electrons. The predicted octanol–water partition coefficient (Wildman–Crippen LogP) is 2.65. The fourth-order valence-electron chi connectivity index (χ4n) is 3.08. The number of hydrogen-bond acceptors (Lipinski definition) is 4. The molecule has 1 N–H and O–H groups in total. The Labute approximate surface area is 178 Å². The van der Waals surface area contributed by atoms with Gasteiger partial charge in [0, 0.05) is 38.3 Å². The number of piperazine rings is 1. The van der Waals surface area contributed by atoms with Crippen LogP contribution in [0, 0.1) is 0 Å². The third kappa shape index (κ3) is 7.60. The molecule has 2 aromatic rings. The minimum Gasteiger partial charge on any atom is -0.351 e. The molecule has 0 spiro atoms. The summed E-state index contributed by atoms with van der Waals surface area (Å²) in [6.45, 7) is 4.65. The Morgan fingerprint density at radius 3 is 1.82 bits per heavy atom. The molecule has 1 fully saturated rings. The average Bonchev–Trinajstić information content (AvgIpc) is 2.69. The molecule has 0 aromatic heterocycles. The van der Waals surface area contributed by atoms with Crippen LogP contribution in [-0.4, -0.2) is 60.8 Å². The molecule has 0 saturated carbocycles. The van der Waals surface area contributed by atoms with E-state index in [4.69, 9.17) is 0 Å². The molecule has 3 rings (SSSR count). The average molecular weight is 424 g/mol. The first-order valence-electron chi connectivity index (χ1n) is 9.04. The van der Waals surface area contributed by atoms with Gasteiger partial charge in [-0.3, -0.25) is 19.4 Å². The summed E-state index contributed by atoms with van der Waals surface area (Å²) < 4.78 is 0. The first-order chi connectivity index (χ1) is 12.7. The van der Waals surface area contributed by atoms with Gasteiger partial charge in [0.2, 0.25) is 5.91 Å². The Hall–Kier alpha value is -1.92. The molecule has 0 bridgehead atoms. The first-order valence-corrected chi connectivity index (χ1v) is 9.04. The molecular weight excluding hydrogens is 397 g/mol. The molecule has 7 heteroatoms. The highest BCUT2D eigenvalue weighted by Gasteiger charge is 2.20. The number of nitrogens with one attached hydrogen (secondary N) is 1. The zero-order valence-electron chi connectivity index (χ0n) is 15.8. The monoisotopic (exact) mass is 423 g/mol. The van der Waals surface area contributed by atoms with Crippen molar-refractivity contribution in [2.45, 2.75) is 6.54 Å². The number of carbonyl (C=O) groups excluding carboxylic acids is 2.